The van der Waals surface area contributed by atoms with E-state index in [9.17, 15) is 14.4 Å². The predicted octanol–water partition coefficient (Wildman–Crippen LogP) is 2.57. The van der Waals surface area contributed by atoms with Crippen LogP contribution in [0.2, 0.25) is 0 Å². The van der Waals surface area contributed by atoms with E-state index < -0.39 is 18.0 Å². The molecule has 8 heteroatoms. The summed E-state index contributed by atoms with van der Waals surface area (Å²) in [5.41, 5.74) is 2.85. The summed E-state index contributed by atoms with van der Waals surface area (Å²) in [5.74, 6) is -0.861. The Kier molecular flexibility index (Phi) is 6.66. The first-order valence-electron chi connectivity index (χ1n) is 9.91. The fourth-order valence-electron chi connectivity index (χ4n) is 2.83. The first-order valence-corrected chi connectivity index (χ1v) is 9.91. The van der Waals surface area contributed by atoms with Crippen molar-refractivity contribution in [3.63, 3.8) is 0 Å². The van der Waals surface area contributed by atoms with E-state index in [4.69, 9.17) is 4.74 Å². The van der Waals surface area contributed by atoms with Gasteiger partial charge in [-0.2, -0.15) is 0 Å². The number of amides is 2. The van der Waals surface area contributed by atoms with Crippen molar-refractivity contribution >= 4 is 29.3 Å². The van der Waals surface area contributed by atoms with E-state index in [1.54, 1.807) is 12.1 Å². The molecule has 0 saturated heterocycles. The molecule has 1 atom stereocenters. The number of nitrogens with one attached hydrogen (secondary N) is 3. The summed E-state index contributed by atoms with van der Waals surface area (Å²) in [6.07, 6.45) is 2.62. The molecule has 3 N–H and O–H groups in total. The maximum atomic E-state index is 12.2. The molecule has 8 nitrogen and oxygen atoms in total. The molecule has 0 spiro atoms. The standard InChI is InChI=1S/C22H26N4O4/c1-13-5-4-6-14(2)20(13)26-19(27)12-24-21(28)15(3)30-22(29)16-7-10-18(23-11-16)25-17-8-9-17/h4-7,10-11,15,17H,8-9,12H2,1-3H3,(H,23,25)(H,24,28)(H,26,27). The molecule has 0 radical (unpaired) electrons. The molecule has 1 saturated carbocycles. The second kappa shape index (κ2) is 9.39. The van der Waals surface area contributed by atoms with Crippen molar-refractivity contribution in [2.24, 2.45) is 0 Å². The van der Waals surface area contributed by atoms with Crippen LogP contribution in [-0.2, 0) is 14.3 Å². The Balaban J connectivity index is 1.45. The van der Waals surface area contributed by atoms with Crippen LogP contribution in [0.5, 0.6) is 0 Å². The molecule has 1 heterocycles. The lowest BCUT2D eigenvalue weighted by Gasteiger charge is -2.15. The highest BCUT2D eigenvalue weighted by Gasteiger charge is 2.22. The Bertz CT molecular complexity index is 918. The maximum absolute atomic E-state index is 12.2. The van der Waals surface area contributed by atoms with Crippen LogP contribution in [0.4, 0.5) is 11.5 Å². The molecule has 1 aliphatic rings. The molecule has 2 amide bonds. The zero-order chi connectivity index (χ0) is 21.7. The molecule has 158 valence electrons. The summed E-state index contributed by atoms with van der Waals surface area (Å²) >= 11 is 0. The van der Waals surface area contributed by atoms with Crippen molar-refractivity contribution in [2.45, 2.75) is 45.8 Å². The second-order valence-corrected chi connectivity index (χ2v) is 7.43. The number of nitrogens with zero attached hydrogens (tertiary/aromatic N) is 1. The van der Waals surface area contributed by atoms with Crippen molar-refractivity contribution in [3.05, 3.63) is 53.2 Å². The number of aromatic nitrogens is 1. The number of para-hydroxylation sites is 1. The fraction of sp³-hybridized carbons (Fsp3) is 0.364. The first-order chi connectivity index (χ1) is 14.3. The van der Waals surface area contributed by atoms with Crippen LogP contribution in [0.1, 0.15) is 41.3 Å². The van der Waals surface area contributed by atoms with E-state index >= 15 is 0 Å². The molecule has 1 aromatic heterocycles. The van der Waals surface area contributed by atoms with Crippen molar-refractivity contribution < 1.29 is 19.1 Å². The maximum Gasteiger partial charge on any atom is 0.340 e. The second-order valence-electron chi connectivity index (χ2n) is 7.43. The third kappa shape index (κ3) is 5.79. The molecule has 1 aliphatic carbocycles. The minimum absolute atomic E-state index is 0.225. The monoisotopic (exact) mass is 410 g/mol. The van der Waals surface area contributed by atoms with Gasteiger partial charge in [-0.1, -0.05) is 18.2 Å². The highest BCUT2D eigenvalue weighted by atomic mass is 16.5. The molecule has 0 aliphatic heterocycles. The lowest BCUT2D eigenvalue weighted by molar-refractivity contribution is -0.130. The highest BCUT2D eigenvalue weighted by Crippen LogP contribution is 2.23. The Morgan fingerprint density at radius 1 is 1.13 bits per heavy atom. The average molecular weight is 410 g/mol. The average Bonchev–Trinajstić information content (AvgIpc) is 3.53. The van der Waals surface area contributed by atoms with Crippen LogP contribution in [0.25, 0.3) is 0 Å². The summed E-state index contributed by atoms with van der Waals surface area (Å²) in [4.78, 5) is 40.7. The summed E-state index contributed by atoms with van der Waals surface area (Å²) in [7, 11) is 0. The molecule has 1 unspecified atom stereocenters. The highest BCUT2D eigenvalue weighted by molar-refractivity contribution is 5.97. The Morgan fingerprint density at radius 2 is 1.83 bits per heavy atom. The summed E-state index contributed by atoms with van der Waals surface area (Å²) in [5, 5.41) is 8.50. The number of ether oxygens (including phenoxy) is 1. The number of aryl methyl sites for hydroxylation is 2. The molecule has 2 aromatic rings. The van der Waals surface area contributed by atoms with E-state index in [-0.39, 0.29) is 18.0 Å². The van der Waals surface area contributed by atoms with Gasteiger partial charge in [0.1, 0.15) is 5.82 Å². The summed E-state index contributed by atoms with van der Waals surface area (Å²) in [6.45, 7) is 5.02. The van der Waals surface area contributed by atoms with Gasteiger partial charge in [-0.05, 0) is 56.9 Å². The quantitative estimate of drug-likeness (QED) is 0.577. The van der Waals surface area contributed by atoms with E-state index in [0.29, 0.717) is 11.9 Å². The van der Waals surface area contributed by atoms with Crippen molar-refractivity contribution in [3.8, 4) is 0 Å². The van der Waals surface area contributed by atoms with E-state index in [1.807, 2.05) is 32.0 Å². The SMILES string of the molecule is Cc1cccc(C)c1NC(=O)CNC(=O)C(C)OC(=O)c1ccc(NC2CC2)nc1. The van der Waals surface area contributed by atoms with Gasteiger partial charge in [-0.15, -0.1) is 0 Å². The number of esters is 1. The van der Waals surface area contributed by atoms with Gasteiger partial charge < -0.3 is 20.7 Å². The molecular formula is C22H26N4O4. The van der Waals surface area contributed by atoms with Gasteiger partial charge in [0, 0.05) is 17.9 Å². The van der Waals surface area contributed by atoms with Crippen LogP contribution in [0, 0.1) is 13.8 Å². The zero-order valence-corrected chi connectivity index (χ0v) is 17.3. The molecule has 1 fully saturated rings. The van der Waals surface area contributed by atoms with Gasteiger partial charge >= 0.3 is 5.97 Å². The Hall–Kier alpha value is -3.42. The van der Waals surface area contributed by atoms with Gasteiger partial charge in [-0.25, -0.2) is 9.78 Å². The number of hydrogen-bond donors (Lipinski definition) is 3. The number of benzene rings is 1. The largest absolute Gasteiger partial charge is 0.449 e. The van der Waals surface area contributed by atoms with Crippen LogP contribution < -0.4 is 16.0 Å². The van der Waals surface area contributed by atoms with Gasteiger partial charge in [0.2, 0.25) is 5.91 Å². The third-order valence-electron chi connectivity index (χ3n) is 4.75. The third-order valence-corrected chi connectivity index (χ3v) is 4.75. The molecular weight excluding hydrogens is 384 g/mol. The topological polar surface area (TPSA) is 109 Å². The van der Waals surface area contributed by atoms with E-state index in [1.165, 1.54) is 13.1 Å². The summed E-state index contributed by atoms with van der Waals surface area (Å²) in [6, 6.07) is 9.47. The van der Waals surface area contributed by atoms with E-state index in [2.05, 4.69) is 20.9 Å². The van der Waals surface area contributed by atoms with Gasteiger partial charge in [0.05, 0.1) is 12.1 Å². The van der Waals surface area contributed by atoms with Crippen molar-refractivity contribution in [1.82, 2.24) is 10.3 Å². The Labute approximate surface area is 175 Å². The Morgan fingerprint density at radius 3 is 2.43 bits per heavy atom. The molecule has 3 rings (SSSR count). The molecule has 1 aromatic carbocycles. The number of carbonyl (C=O) groups is 3. The zero-order valence-electron chi connectivity index (χ0n) is 17.3. The number of rotatable bonds is 8. The van der Waals surface area contributed by atoms with Crippen LogP contribution in [-0.4, -0.2) is 41.5 Å². The molecule has 0 bridgehead atoms. The van der Waals surface area contributed by atoms with Gasteiger partial charge in [0.25, 0.3) is 5.91 Å². The number of hydrogen-bond acceptors (Lipinski definition) is 6. The smallest absolute Gasteiger partial charge is 0.340 e. The van der Waals surface area contributed by atoms with Crippen LogP contribution in [0.3, 0.4) is 0 Å². The number of anilines is 2. The van der Waals surface area contributed by atoms with Gasteiger partial charge in [-0.3, -0.25) is 9.59 Å². The van der Waals surface area contributed by atoms with Crippen molar-refractivity contribution in [2.75, 3.05) is 17.2 Å². The minimum Gasteiger partial charge on any atom is -0.449 e. The first kappa shape index (κ1) is 21.3. The number of carbonyl (C=O) groups excluding carboxylic acids is 3. The van der Waals surface area contributed by atoms with Crippen LogP contribution >= 0.6 is 0 Å². The normalized spacial score (nSPS) is 13.8. The van der Waals surface area contributed by atoms with Crippen molar-refractivity contribution in [1.29, 1.82) is 0 Å². The van der Waals surface area contributed by atoms with Crippen LogP contribution in [0.15, 0.2) is 36.5 Å². The predicted molar refractivity (Wildman–Crippen MR) is 113 cm³/mol. The fourth-order valence-corrected chi connectivity index (χ4v) is 2.83. The lowest BCUT2D eigenvalue weighted by atomic mass is 10.1. The molecule has 30 heavy (non-hydrogen) atoms. The van der Waals surface area contributed by atoms with E-state index in [0.717, 1.165) is 29.7 Å². The minimum atomic E-state index is -1.05. The van der Waals surface area contributed by atoms with Gasteiger partial charge in [0.15, 0.2) is 6.10 Å². The summed E-state index contributed by atoms with van der Waals surface area (Å²) < 4.78 is 5.18. The lowest BCUT2D eigenvalue weighted by Crippen LogP contribution is -2.40. The number of pyridine rings is 1.